The number of hydrogen-bond donors (Lipinski definition) is 0. The Morgan fingerprint density at radius 2 is 1.86 bits per heavy atom. The second kappa shape index (κ2) is 8.74. The smallest absolute Gasteiger partial charge is 0.182 e. The zero-order valence-electron chi connectivity index (χ0n) is 20.4. The molecule has 1 aliphatic rings. The number of aryl methyl sites for hydroxylation is 2. The Morgan fingerprint density at radius 3 is 2.63 bits per heavy atom. The molecule has 0 radical (unpaired) electrons. The summed E-state index contributed by atoms with van der Waals surface area (Å²) in [6.07, 6.45) is 6.50. The van der Waals surface area contributed by atoms with Crippen molar-refractivity contribution in [2.45, 2.75) is 26.8 Å². The minimum Gasteiger partial charge on any atom is -0.369 e. The standard InChI is InChI=1S/C26H29N9/c1-4-21-26-31-30-18(2)34(26)17-23(28-21)25-29-22-8-7-20(33-12-10-32(3)11-13-33)14-24(22)35(25)16-19-6-5-9-27-15-19/h5-9,14-15,17H,4,10-13,16H2,1-3H3. The van der Waals surface area contributed by atoms with Crippen LogP contribution in [0.5, 0.6) is 0 Å². The Balaban J connectivity index is 1.52. The summed E-state index contributed by atoms with van der Waals surface area (Å²) < 4.78 is 4.28. The molecular weight excluding hydrogens is 438 g/mol. The van der Waals surface area contributed by atoms with Crippen LogP contribution in [-0.2, 0) is 13.0 Å². The van der Waals surface area contributed by atoms with Gasteiger partial charge in [0, 0.05) is 50.5 Å². The van der Waals surface area contributed by atoms with Crippen LogP contribution in [0.4, 0.5) is 5.69 Å². The van der Waals surface area contributed by atoms with Crippen molar-refractivity contribution in [3.8, 4) is 11.5 Å². The van der Waals surface area contributed by atoms with Gasteiger partial charge in [0.15, 0.2) is 11.5 Å². The van der Waals surface area contributed by atoms with Gasteiger partial charge >= 0.3 is 0 Å². The Labute approximate surface area is 204 Å². The van der Waals surface area contributed by atoms with Crippen LogP contribution in [0, 0.1) is 6.92 Å². The lowest BCUT2D eigenvalue weighted by molar-refractivity contribution is 0.313. The van der Waals surface area contributed by atoms with Gasteiger partial charge in [0.05, 0.1) is 23.3 Å². The number of benzene rings is 1. The fraction of sp³-hybridized carbons (Fsp3) is 0.346. The predicted molar refractivity (Wildman–Crippen MR) is 137 cm³/mol. The van der Waals surface area contributed by atoms with Gasteiger partial charge in [0.25, 0.3) is 0 Å². The van der Waals surface area contributed by atoms with Crippen molar-refractivity contribution in [1.29, 1.82) is 0 Å². The quantitative estimate of drug-likeness (QED) is 0.393. The van der Waals surface area contributed by atoms with Crippen LogP contribution in [-0.4, -0.2) is 72.2 Å². The van der Waals surface area contributed by atoms with E-state index in [9.17, 15) is 0 Å². The highest BCUT2D eigenvalue weighted by Gasteiger charge is 2.20. The van der Waals surface area contributed by atoms with Gasteiger partial charge in [-0.15, -0.1) is 10.2 Å². The van der Waals surface area contributed by atoms with Crippen LogP contribution in [0.1, 0.15) is 24.0 Å². The summed E-state index contributed by atoms with van der Waals surface area (Å²) in [5.41, 5.74) is 6.95. The van der Waals surface area contributed by atoms with Crippen molar-refractivity contribution in [3.05, 3.63) is 66.0 Å². The zero-order chi connectivity index (χ0) is 23.9. The van der Waals surface area contributed by atoms with Gasteiger partial charge in [-0.25, -0.2) is 9.97 Å². The maximum atomic E-state index is 5.07. The molecule has 35 heavy (non-hydrogen) atoms. The second-order valence-electron chi connectivity index (χ2n) is 9.21. The molecule has 1 saturated heterocycles. The summed E-state index contributed by atoms with van der Waals surface area (Å²) in [5.74, 6) is 1.68. The summed E-state index contributed by atoms with van der Waals surface area (Å²) >= 11 is 0. The molecule has 0 unspecified atom stereocenters. The van der Waals surface area contributed by atoms with E-state index in [1.165, 1.54) is 5.69 Å². The van der Waals surface area contributed by atoms with E-state index in [-0.39, 0.29) is 0 Å². The lowest BCUT2D eigenvalue weighted by Crippen LogP contribution is -2.44. The van der Waals surface area contributed by atoms with Crippen LogP contribution >= 0.6 is 0 Å². The first-order valence-electron chi connectivity index (χ1n) is 12.1. The molecule has 9 heteroatoms. The van der Waals surface area contributed by atoms with Crippen LogP contribution in [0.15, 0.2) is 48.9 Å². The van der Waals surface area contributed by atoms with E-state index in [1.54, 1.807) is 6.20 Å². The molecule has 0 amide bonds. The van der Waals surface area contributed by atoms with Crippen LogP contribution in [0.3, 0.4) is 0 Å². The number of hydrogen-bond acceptors (Lipinski definition) is 7. The van der Waals surface area contributed by atoms with Crippen molar-refractivity contribution in [2.75, 3.05) is 38.1 Å². The summed E-state index contributed by atoms with van der Waals surface area (Å²) in [6, 6.07) is 10.7. The number of anilines is 1. The third-order valence-corrected chi connectivity index (χ3v) is 6.86. The number of fused-ring (bicyclic) bond motifs is 2. The monoisotopic (exact) mass is 467 g/mol. The molecule has 0 aliphatic carbocycles. The third kappa shape index (κ3) is 3.91. The van der Waals surface area contributed by atoms with E-state index in [2.05, 4.69) is 67.8 Å². The minimum absolute atomic E-state index is 0.661. The molecule has 0 atom stereocenters. The highest BCUT2D eigenvalue weighted by Crippen LogP contribution is 2.29. The molecule has 5 heterocycles. The minimum atomic E-state index is 0.661. The summed E-state index contributed by atoms with van der Waals surface area (Å²) in [4.78, 5) is 19.2. The lowest BCUT2D eigenvalue weighted by atomic mass is 10.2. The van der Waals surface area contributed by atoms with Gasteiger partial charge in [0.2, 0.25) is 0 Å². The zero-order valence-corrected chi connectivity index (χ0v) is 20.4. The summed E-state index contributed by atoms with van der Waals surface area (Å²) in [7, 11) is 2.18. The van der Waals surface area contributed by atoms with Gasteiger partial charge in [-0.2, -0.15) is 0 Å². The Bertz CT molecular complexity index is 1490. The first kappa shape index (κ1) is 21.7. The molecule has 0 N–H and O–H groups in total. The number of aromatic nitrogens is 7. The number of piperazine rings is 1. The van der Waals surface area contributed by atoms with Gasteiger partial charge in [-0.05, 0) is 50.2 Å². The molecule has 0 bridgehead atoms. The first-order valence-corrected chi connectivity index (χ1v) is 12.1. The SMILES string of the molecule is CCc1nc(-c2nc3ccc(N4CCN(C)CC4)cc3n2Cc2cccnc2)cn2c(C)nnc12. The molecule has 0 spiro atoms. The van der Waals surface area contributed by atoms with E-state index in [0.717, 1.165) is 77.9 Å². The fourth-order valence-electron chi connectivity index (χ4n) is 4.81. The van der Waals surface area contributed by atoms with E-state index in [0.29, 0.717) is 6.54 Å². The Morgan fingerprint density at radius 1 is 1.00 bits per heavy atom. The van der Waals surface area contributed by atoms with E-state index < -0.39 is 0 Å². The molecule has 4 aromatic heterocycles. The molecule has 9 nitrogen and oxygen atoms in total. The average molecular weight is 468 g/mol. The highest BCUT2D eigenvalue weighted by molar-refractivity contribution is 5.84. The van der Waals surface area contributed by atoms with Gasteiger partial charge in [-0.3, -0.25) is 9.38 Å². The van der Waals surface area contributed by atoms with Crippen LogP contribution in [0.2, 0.25) is 0 Å². The molecule has 6 rings (SSSR count). The first-order chi connectivity index (χ1) is 17.1. The van der Waals surface area contributed by atoms with Crippen LogP contribution < -0.4 is 4.90 Å². The van der Waals surface area contributed by atoms with Gasteiger partial charge < -0.3 is 14.4 Å². The van der Waals surface area contributed by atoms with Gasteiger partial charge in [0.1, 0.15) is 11.5 Å². The van der Waals surface area contributed by atoms with E-state index in [4.69, 9.17) is 9.97 Å². The van der Waals surface area contributed by atoms with Crippen molar-refractivity contribution in [3.63, 3.8) is 0 Å². The average Bonchev–Trinajstić information content (AvgIpc) is 3.44. The summed E-state index contributed by atoms with van der Waals surface area (Å²) in [6.45, 7) is 8.91. The Kier molecular flexibility index (Phi) is 5.41. The Hall–Kier alpha value is -3.85. The van der Waals surface area contributed by atoms with E-state index >= 15 is 0 Å². The number of nitrogens with zero attached hydrogens (tertiary/aromatic N) is 9. The third-order valence-electron chi connectivity index (χ3n) is 6.86. The molecule has 5 aromatic rings. The second-order valence-corrected chi connectivity index (χ2v) is 9.21. The molecule has 1 aliphatic heterocycles. The normalized spacial score (nSPS) is 14.9. The molecule has 1 fully saturated rings. The number of rotatable bonds is 5. The molecule has 178 valence electrons. The fourth-order valence-corrected chi connectivity index (χ4v) is 4.81. The van der Waals surface area contributed by atoms with Crippen molar-refractivity contribution in [2.24, 2.45) is 0 Å². The largest absolute Gasteiger partial charge is 0.369 e. The van der Waals surface area contributed by atoms with Crippen molar-refractivity contribution in [1.82, 2.24) is 39.0 Å². The maximum Gasteiger partial charge on any atom is 0.182 e. The number of pyridine rings is 1. The van der Waals surface area contributed by atoms with Crippen LogP contribution in [0.25, 0.3) is 28.2 Å². The topological polar surface area (TPSA) is 80.3 Å². The highest BCUT2D eigenvalue weighted by atomic mass is 15.3. The molecule has 0 saturated carbocycles. The molecule has 1 aromatic carbocycles. The van der Waals surface area contributed by atoms with Crippen molar-refractivity contribution < 1.29 is 0 Å². The predicted octanol–water partition coefficient (Wildman–Crippen LogP) is 3.21. The van der Waals surface area contributed by atoms with Crippen molar-refractivity contribution >= 4 is 22.4 Å². The van der Waals surface area contributed by atoms with Gasteiger partial charge in [-0.1, -0.05) is 13.0 Å². The lowest BCUT2D eigenvalue weighted by Gasteiger charge is -2.34. The molecular formula is C26H29N9. The maximum absolute atomic E-state index is 5.07. The number of likely N-dealkylation sites (N-methyl/N-ethyl adjacent to an activating group) is 1. The number of imidazole rings is 1. The van der Waals surface area contributed by atoms with E-state index in [1.807, 2.05) is 29.8 Å². The summed E-state index contributed by atoms with van der Waals surface area (Å²) in [5, 5.41) is 8.60.